The molecule has 0 heterocycles. The molecule has 94 valence electrons. The summed E-state index contributed by atoms with van der Waals surface area (Å²) < 4.78 is 30.9. The van der Waals surface area contributed by atoms with E-state index in [-0.39, 0.29) is 12.1 Å². The maximum Gasteiger partial charge on any atom is 0.254 e. The van der Waals surface area contributed by atoms with Crippen molar-refractivity contribution in [2.45, 2.75) is 0 Å². The van der Waals surface area contributed by atoms with E-state index in [0.29, 0.717) is 24.6 Å². The number of benzene rings is 1. The lowest BCUT2D eigenvalue weighted by Gasteiger charge is -2.06. The summed E-state index contributed by atoms with van der Waals surface area (Å²) in [6.45, 7) is 1.17. The zero-order valence-corrected chi connectivity index (χ0v) is 10.6. The molecular formula is C11H12BrF2NO2. The molecule has 0 atom stereocenters. The van der Waals surface area contributed by atoms with E-state index < -0.39 is 17.5 Å². The van der Waals surface area contributed by atoms with Crippen LogP contribution in [0.25, 0.3) is 0 Å². The molecule has 0 fully saturated rings. The zero-order valence-electron chi connectivity index (χ0n) is 9.01. The fraction of sp³-hybridized carbons (Fsp3) is 0.364. The van der Waals surface area contributed by atoms with Crippen molar-refractivity contribution >= 4 is 21.8 Å². The smallest absolute Gasteiger partial charge is 0.254 e. The monoisotopic (exact) mass is 307 g/mol. The number of nitrogens with one attached hydrogen (secondary N) is 1. The molecule has 0 aliphatic rings. The molecule has 1 rings (SSSR count). The van der Waals surface area contributed by atoms with E-state index in [9.17, 15) is 13.6 Å². The summed E-state index contributed by atoms with van der Waals surface area (Å²) in [5, 5.41) is 3.19. The Morgan fingerprint density at radius 1 is 1.35 bits per heavy atom. The zero-order chi connectivity index (χ0) is 12.7. The molecule has 1 aromatic carbocycles. The number of carbonyl (C=O) groups excluding carboxylic acids is 1. The maximum atomic E-state index is 13.2. The largest absolute Gasteiger partial charge is 0.379 e. The van der Waals surface area contributed by atoms with E-state index >= 15 is 0 Å². The van der Waals surface area contributed by atoms with Gasteiger partial charge in [0.2, 0.25) is 0 Å². The number of alkyl halides is 1. The highest BCUT2D eigenvalue weighted by molar-refractivity contribution is 9.09. The second kappa shape index (κ2) is 7.34. The number of ether oxygens (including phenoxy) is 1. The molecular weight excluding hydrogens is 296 g/mol. The van der Waals surface area contributed by atoms with Gasteiger partial charge in [-0.25, -0.2) is 8.78 Å². The molecule has 6 heteroatoms. The lowest BCUT2D eigenvalue weighted by atomic mass is 10.2. The Hall–Kier alpha value is -1.01. The highest BCUT2D eigenvalue weighted by Gasteiger charge is 2.11. The average Bonchev–Trinajstić information content (AvgIpc) is 2.28. The van der Waals surface area contributed by atoms with Crippen molar-refractivity contribution in [1.29, 1.82) is 0 Å². The number of hydrogen-bond acceptors (Lipinski definition) is 2. The number of carbonyl (C=O) groups is 1. The molecule has 0 bridgehead atoms. The van der Waals surface area contributed by atoms with Crippen LogP contribution in [0.15, 0.2) is 18.2 Å². The fourth-order valence-corrected chi connectivity index (χ4v) is 1.39. The topological polar surface area (TPSA) is 38.3 Å². The number of rotatable bonds is 6. The van der Waals surface area contributed by atoms with Crippen molar-refractivity contribution in [3.8, 4) is 0 Å². The minimum absolute atomic E-state index is 0.174. The third-order valence-electron chi connectivity index (χ3n) is 1.93. The Morgan fingerprint density at radius 2 is 2.12 bits per heavy atom. The average molecular weight is 308 g/mol. The minimum atomic E-state index is -0.871. The number of hydrogen-bond donors (Lipinski definition) is 1. The summed E-state index contributed by atoms with van der Waals surface area (Å²) in [6, 6.07) is 2.83. The quantitative estimate of drug-likeness (QED) is 0.646. The summed E-state index contributed by atoms with van der Waals surface area (Å²) in [5.41, 5.74) is -0.174. The Bertz CT molecular complexity index is 388. The van der Waals surface area contributed by atoms with Crippen molar-refractivity contribution in [2.75, 3.05) is 25.1 Å². The fourth-order valence-electron chi connectivity index (χ4n) is 1.16. The molecule has 0 aliphatic heterocycles. The van der Waals surface area contributed by atoms with Gasteiger partial charge in [0.05, 0.1) is 18.8 Å². The normalized spacial score (nSPS) is 10.3. The van der Waals surface area contributed by atoms with E-state index in [1.54, 1.807) is 0 Å². The van der Waals surface area contributed by atoms with Crippen LogP contribution in [0.1, 0.15) is 10.4 Å². The molecule has 17 heavy (non-hydrogen) atoms. The van der Waals surface area contributed by atoms with E-state index in [2.05, 4.69) is 21.2 Å². The van der Waals surface area contributed by atoms with Crippen LogP contribution in [-0.4, -0.2) is 31.0 Å². The SMILES string of the molecule is O=C(NCCOCCBr)c1ccc(F)cc1F. The second-order valence-electron chi connectivity index (χ2n) is 3.18. The first kappa shape index (κ1) is 14.1. The van der Waals surface area contributed by atoms with Gasteiger partial charge in [-0.05, 0) is 12.1 Å². The molecule has 0 spiro atoms. The van der Waals surface area contributed by atoms with Gasteiger partial charge in [0, 0.05) is 17.9 Å². The van der Waals surface area contributed by atoms with Crippen LogP contribution in [0.2, 0.25) is 0 Å². The first-order chi connectivity index (χ1) is 8.15. The summed E-state index contributed by atoms with van der Waals surface area (Å²) in [6.07, 6.45) is 0. The number of amides is 1. The molecule has 0 unspecified atom stereocenters. The molecule has 0 saturated heterocycles. The molecule has 3 nitrogen and oxygen atoms in total. The van der Waals surface area contributed by atoms with Crippen molar-refractivity contribution in [1.82, 2.24) is 5.32 Å². The summed E-state index contributed by atoms with van der Waals surface area (Å²) in [5.74, 6) is -2.16. The Kier molecular flexibility index (Phi) is 6.07. The van der Waals surface area contributed by atoms with E-state index in [4.69, 9.17) is 4.74 Å². The van der Waals surface area contributed by atoms with Crippen LogP contribution in [-0.2, 0) is 4.74 Å². The first-order valence-electron chi connectivity index (χ1n) is 5.02. The number of halogens is 3. The molecule has 1 amide bonds. The predicted molar refractivity (Wildman–Crippen MR) is 63.3 cm³/mol. The van der Waals surface area contributed by atoms with Crippen molar-refractivity contribution in [3.05, 3.63) is 35.4 Å². The molecule has 0 radical (unpaired) electrons. The van der Waals surface area contributed by atoms with Gasteiger partial charge in [0.15, 0.2) is 0 Å². The van der Waals surface area contributed by atoms with Crippen LogP contribution in [0.5, 0.6) is 0 Å². The first-order valence-corrected chi connectivity index (χ1v) is 6.14. The van der Waals surface area contributed by atoms with Crippen LogP contribution < -0.4 is 5.32 Å². The Labute approximate surface area is 106 Å². The Morgan fingerprint density at radius 3 is 2.76 bits per heavy atom. The maximum absolute atomic E-state index is 13.2. The van der Waals surface area contributed by atoms with Gasteiger partial charge in [0.1, 0.15) is 11.6 Å². The minimum Gasteiger partial charge on any atom is -0.379 e. The second-order valence-corrected chi connectivity index (χ2v) is 3.97. The molecule has 0 aliphatic carbocycles. The highest BCUT2D eigenvalue weighted by Crippen LogP contribution is 2.08. The van der Waals surface area contributed by atoms with Crippen molar-refractivity contribution < 1.29 is 18.3 Å². The summed E-state index contributed by atoms with van der Waals surface area (Å²) in [4.78, 5) is 11.5. The standard InChI is InChI=1S/C11H12BrF2NO2/c12-3-5-17-6-4-15-11(16)9-2-1-8(13)7-10(9)14/h1-2,7H,3-6H2,(H,15,16). The molecule has 0 saturated carbocycles. The van der Waals surface area contributed by atoms with E-state index in [1.807, 2.05) is 0 Å². The lowest BCUT2D eigenvalue weighted by Crippen LogP contribution is -2.28. The molecule has 1 aromatic rings. The highest BCUT2D eigenvalue weighted by atomic mass is 79.9. The van der Waals surface area contributed by atoms with Crippen molar-refractivity contribution in [3.63, 3.8) is 0 Å². The summed E-state index contributed by atoms with van der Waals surface area (Å²) in [7, 11) is 0. The van der Waals surface area contributed by atoms with Crippen LogP contribution >= 0.6 is 15.9 Å². The van der Waals surface area contributed by atoms with Gasteiger partial charge in [-0.3, -0.25) is 4.79 Å². The van der Waals surface area contributed by atoms with Crippen LogP contribution in [0, 0.1) is 11.6 Å². The van der Waals surface area contributed by atoms with Gasteiger partial charge in [-0.1, -0.05) is 15.9 Å². The molecule has 1 N–H and O–H groups in total. The van der Waals surface area contributed by atoms with Crippen LogP contribution in [0.3, 0.4) is 0 Å². The third-order valence-corrected chi connectivity index (χ3v) is 2.25. The van der Waals surface area contributed by atoms with Crippen LogP contribution in [0.4, 0.5) is 8.78 Å². The van der Waals surface area contributed by atoms with Gasteiger partial charge in [0.25, 0.3) is 5.91 Å². The Balaban J connectivity index is 2.42. The molecule has 0 aromatic heterocycles. The van der Waals surface area contributed by atoms with Gasteiger partial charge >= 0.3 is 0 Å². The van der Waals surface area contributed by atoms with E-state index in [0.717, 1.165) is 12.1 Å². The third kappa shape index (κ3) is 4.79. The van der Waals surface area contributed by atoms with E-state index in [1.165, 1.54) is 0 Å². The lowest BCUT2D eigenvalue weighted by molar-refractivity contribution is 0.0920. The van der Waals surface area contributed by atoms with Gasteiger partial charge < -0.3 is 10.1 Å². The van der Waals surface area contributed by atoms with Gasteiger partial charge in [-0.2, -0.15) is 0 Å². The predicted octanol–water partition coefficient (Wildman–Crippen LogP) is 2.11. The van der Waals surface area contributed by atoms with Gasteiger partial charge in [-0.15, -0.1) is 0 Å². The van der Waals surface area contributed by atoms with Crippen molar-refractivity contribution in [2.24, 2.45) is 0 Å². The summed E-state index contributed by atoms with van der Waals surface area (Å²) >= 11 is 3.19.